The normalized spacial score (nSPS) is 19.4. The van der Waals surface area contributed by atoms with E-state index in [2.05, 4.69) is 9.71 Å². The first-order valence-electron chi connectivity index (χ1n) is 6.32. The average molecular weight is 302 g/mol. The van der Waals surface area contributed by atoms with E-state index in [0.29, 0.717) is 25.5 Å². The van der Waals surface area contributed by atoms with E-state index >= 15 is 0 Å². The first kappa shape index (κ1) is 15.0. The Morgan fingerprint density at radius 2 is 2.20 bits per heavy atom. The molecule has 0 amide bonds. The predicted octanol–water partition coefficient (Wildman–Crippen LogP) is 0.645. The number of aromatic amines is 1. The van der Waals surface area contributed by atoms with Gasteiger partial charge in [-0.15, -0.1) is 0 Å². The summed E-state index contributed by atoms with van der Waals surface area (Å²) in [5.74, 6) is -1.00. The minimum Gasteiger partial charge on any atom is -0.477 e. The van der Waals surface area contributed by atoms with Crippen LogP contribution in [-0.2, 0) is 14.8 Å². The lowest BCUT2D eigenvalue weighted by Crippen LogP contribution is -2.30. The molecule has 1 aromatic rings. The van der Waals surface area contributed by atoms with Crippen molar-refractivity contribution in [1.29, 1.82) is 0 Å². The monoisotopic (exact) mass is 302 g/mol. The third-order valence-electron chi connectivity index (χ3n) is 3.44. The summed E-state index contributed by atoms with van der Waals surface area (Å²) in [5, 5.41) is 9.01. The van der Waals surface area contributed by atoms with Crippen molar-refractivity contribution in [2.75, 3.05) is 19.8 Å². The minimum absolute atomic E-state index is 0.0221. The van der Waals surface area contributed by atoms with E-state index in [1.54, 1.807) is 6.92 Å². The number of carbonyl (C=O) groups is 1. The minimum atomic E-state index is -3.72. The standard InChI is InChI=1S/C12H18N2O5S/c1-7-10(12(15)16)14-8(2)11(7)20(17,18)13-5-9-3-4-19-6-9/h9,13-14H,3-6H2,1-2H3,(H,15,16). The Labute approximate surface area is 117 Å². The SMILES string of the molecule is Cc1[nH]c(C(=O)O)c(C)c1S(=O)(=O)NCC1CCOC1. The largest absolute Gasteiger partial charge is 0.477 e. The maximum atomic E-state index is 12.3. The second-order valence-corrected chi connectivity index (χ2v) is 6.67. The number of carboxylic acids is 1. The lowest BCUT2D eigenvalue weighted by atomic mass is 10.1. The van der Waals surface area contributed by atoms with Crippen LogP contribution >= 0.6 is 0 Å². The van der Waals surface area contributed by atoms with E-state index in [1.807, 2.05) is 0 Å². The third kappa shape index (κ3) is 2.87. The van der Waals surface area contributed by atoms with Crippen LogP contribution in [-0.4, -0.2) is 44.2 Å². The van der Waals surface area contributed by atoms with Crippen LogP contribution in [0.25, 0.3) is 0 Å². The van der Waals surface area contributed by atoms with Crippen LogP contribution in [0.15, 0.2) is 4.90 Å². The number of ether oxygens (including phenoxy) is 1. The number of aromatic carboxylic acids is 1. The zero-order chi connectivity index (χ0) is 14.9. The average Bonchev–Trinajstić information content (AvgIpc) is 2.95. The molecule has 1 aliphatic heterocycles. The highest BCUT2D eigenvalue weighted by Crippen LogP contribution is 2.23. The molecule has 0 aliphatic carbocycles. The number of rotatable bonds is 5. The molecule has 1 atom stereocenters. The van der Waals surface area contributed by atoms with Crippen molar-refractivity contribution >= 4 is 16.0 Å². The van der Waals surface area contributed by atoms with Crippen LogP contribution in [0, 0.1) is 19.8 Å². The van der Waals surface area contributed by atoms with Crippen molar-refractivity contribution in [2.24, 2.45) is 5.92 Å². The molecule has 7 nitrogen and oxygen atoms in total. The second kappa shape index (κ2) is 5.55. The fourth-order valence-corrected chi connectivity index (χ4v) is 3.95. The van der Waals surface area contributed by atoms with Crippen LogP contribution in [0.1, 0.15) is 28.2 Å². The number of nitrogens with one attached hydrogen (secondary N) is 2. The van der Waals surface area contributed by atoms with Gasteiger partial charge in [-0.05, 0) is 26.2 Å². The number of aromatic nitrogens is 1. The van der Waals surface area contributed by atoms with Gasteiger partial charge in [0.15, 0.2) is 0 Å². The van der Waals surface area contributed by atoms with Gasteiger partial charge in [-0.2, -0.15) is 0 Å². The molecule has 0 radical (unpaired) electrons. The van der Waals surface area contributed by atoms with Gasteiger partial charge in [-0.1, -0.05) is 0 Å². The first-order chi connectivity index (χ1) is 9.33. The highest BCUT2D eigenvalue weighted by molar-refractivity contribution is 7.89. The van der Waals surface area contributed by atoms with Crippen molar-refractivity contribution in [3.05, 3.63) is 17.0 Å². The van der Waals surface area contributed by atoms with Crippen LogP contribution in [0.2, 0.25) is 0 Å². The Bertz CT molecular complexity index is 614. The molecule has 1 aliphatic rings. The molecule has 0 saturated carbocycles. The van der Waals surface area contributed by atoms with Gasteiger partial charge >= 0.3 is 5.97 Å². The van der Waals surface area contributed by atoms with Gasteiger partial charge in [0.25, 0.3) is 0 Å². The molecule has 0 aromatic carbocycles. The number of sulfonamides is 1. The van der Waals surface area contributed by atoms with Crippen LogP contribution in [0.5, 0.6) is 0 Å². The third-order valence-corrected chi connectivity index (χ3v) is 5.13. The zero-order valence-electron chi connectivity index (χ0n) is 11.4. The molecular weight excluding hydrogens is 284 g/mol. The van der Waals surface area contributed by atoms with Crippen LogP contribution < -0.4 is 4.72 Å². The molecule has 1 aromatic heterocycles. The van der Waals surface area contributed by atoms with Gasteiger partial charge in [0.05, 0.1) is 6.61 Å². The Balaban J connectivity index is 2.22. The lowest BCUT2D eigenvalue weighted by Gasteiger charge is -2.10. The molecule has 3 N–H and O–H groups in total. The lowest BCUT2D eigenvalue weighted by molar-refractivity contribution is 0.0690. The van der Waals surface area contributed by atoms with Crippen LogP contribution in [0.3, 0.4) is 0 Å². The van der Waals surface area contributed by atoms with E-state index in [1.165, 1.54) is 6.92 Å². The maximum Gasteiger partial charge on any atom is 0.352 e. The van der Waals surface area contributed by atoms with Crippen molar-refractivity contribution in [3.63, 3.8) is 0 Å². The van der Waals surface area contributed by atoms with Gasteiger partial charge in [-0.3, -0.25) is 0 Å². The molecule has 0 bridgehead atoms. The van der Waals surface area contributed by atoms with Gasteiger partial charge in [-0.25, -0.2) is 17.9 Å². The van der Waals surface area contributed by atoms with Crippen molar-refractivity contribution in [2.45, 2.75) is 25.2 Å². The topological polar surface area (TPSA) is 108 Å². The van der Waals surface area contributed by atoms with E-state index in [9.17, 15) is 13.2 Å². The van der Waals surface area contributed by atoms with Crippen molar-refractivity contribution in [3.8, 4) is 0 Å². The number of hydrogen-bond donors (Lipinski definition) is 3. The summed E-state index contributed by atoms with van der Waals surface area (Å²) >= 11 is 0. The predicted molar refractivity (Wildman–Crippen MR) is 71.3 cm³/mol. The van der Waals surface area contributed by atoms with E-state index in [0.717, 1.165) is 6.42 Å². The van der Waals surface area contributed by atoms with Gasteiger partial charge < -0.3 is 14.8 Å². The van der Waals surface area contributed by atoms with Crippen molar-refractivity contribution < 1.29 is 23.1 Å². The molecule has 1 fully saturated rings. The summed E-state index contributed by atoms with van der Waals surface area (Å²) in [7, 11) is -3.72. The number of carboxylic acid groups (broad SMARTS) is 1. The van der Waals surface area contributed by atoms with Gasteiger partial charge in [0, 0.05) is 24.4 Å². The van der Waals surface area contributed by atoms with Gasteiger partial charge in [0.2, 0.25) is 10.0 Å². The number of hydrogen-bond acceptors (Lipinski definition) is 4. The number of H-pyrrole nitrogens is 1. The van der Waals surface area contributed by atoms with Gasteiger partial charge in [0.1, 0.15) is 10.6 Å². The first-order valence-corrected chi connectivity index (χ1v) is 7.81. The summed E-state index contributed by atoms with van der Waals surface area (Å²) in [4.78, 5) is 13.6. The Morgan fingerprint density at radius 3 is 2.70 bits per heavy atom. The second-order valence-electron chi connectivity index (χ2n) is 4.97. The highest BCUT2D eigenvalue weighted by atomic mass is 32.2. The summed E-state index contributed by atoms with van der Waals surface area (Å²) in [6.07, 6.45) is 0.827. The summed E-state index contributed by atoms with van der Waals surface area (Å²) in [6, 6.07) is 0. The molecule has 0 spiro atoms. The zero-order valence-corrected chi connectivity index (χ0v) is 12.2. The summed E-state index contributed by atoms with van der Waals surface area (Å²) < 4.78 is 32.3. The van der Waals surface area contributed by atoms with E-state index in [-0.39, 0.29) is 22.1 Å². The van der Waals surface area contributed by atoms with E-state index < -0.39 is 16.0 Å². The van der Waals surface area contributed by atoms with Crippen LogP contribution in [0.4, 0.5) is 0 Å². The Morgan fingerprint density at radius 1 is 1.50 bits per heavy atom. The fourth-order valence-electron chi connectivity index (χ4n) is 2.39. The maximum absolute atomic E-state index is 12.3. The Kier molecular flexibility index (Phi) is 4.17. The number of aryl methyl sites for hydroxylation is 1. The molecule has 1 unspecified atom stereocenters. The molecule has 112 valence electrons. The molecule has 1 saturated heterocycles. The summed E-state index contributed by atoms with van der Waals surface area (Å²) in [5.41, 5.74) is 0.465. The quantitative estimate of drug-likeness (QED) is 0.740. The molecule has 2 rings (SSSR count). The fraction of sp³-hybridized carbons (Fsp3) is 0.583. The molecular formula is C12H18N2O5S. The van der Waals surface area contributed by atoms with E-state index in [4.69, 9.17) is 9.84 Å². The molecule has 20 heavy (non-hydrogen) atoms. The van der Waals surface area contributed by atoms with Crippen molar-refractivity contribution in [1.82, 2.24) is 9.71 Å². The smallest absolute Gasteiger partial charge is 0.352 e. The highest BCUT2D eigenvalue weighted by Gasteiger charge is 2.27. The molecule has 2 heterocycles. The summed E-state index contributed by atoms with van der Waals surface area (Å²) in [6.45, 7) is 4.54. The molecule has 8 heteroatoms. The Hall–Kier alpha value is -1.38.